The van der Waals surface area contributed by atoms with Gasteiger partial charge in [0.25, 0.3) is 0 Å². The fourth-order valence-corrected chi connectivity index (χ4v) is 3.30. The quantitative estimate of drug-likeness (QED) is 0.660. The van der Waals surface area contributed by atoms with Crippen molar-refractivity contribution < 1.29 is 13.2 Å². The first kappa shape index (κ1) is 14.9. The number of ether oxygens (including phenoxy) is 1. The zero-order valence-corrected chi connectivity index (χ0v) is 11.4. The largest absolute Gasteiger partial charge is 0.385 e. The second-order valence-electron chi connectivity index (χ2n) is 4.91. The van der Waals surface area contributed by atoms with E-state index in [1.165, 1.54) is 6.42 Å². The Morgan fingerprint density at radius 2 is 1.94 bits per heavy atom. The maximum absolute atomic E-state index is 11.7. The minimum absolute atomic E-state index is 0.108. The van der Waals surface area contributed by atoms with E-state index in [1.807, 2.05) is 0 Å². The lowest BCUT2D eigenvalue weighted by atomic mass is 9.83. The van der Waals surface area contributed by atoms with Crippen molar-refractivity contribution in [2.45, 2.75) is 44.1 Å². The summed E-state index contributed by atoms with van der Waals surface area (Å²) in [5.41, 5.74) is 5.83. The molecule has 1 rings (SSSR count). The molecular formula is C11H24N2O3S. The van der Waals surface area contributed by atoms with Gasteiger partial charge in [-0.15, -0.1) is 0 Å². The molecule has 17 heavy (non-hydrogen) atoms. The standard InChI is InChI=1S/C11H24N2O3S/c1-16-8-5-9-17(14,15)13-10-11(12)6-3-2-4-7-11/h13H,2-10,12H2,1H3. The molecule has 3 N–H and O–H groups in total. The van der Waals surface area contributed by atoms with Gasteiger partial charge in [-0.1, -0.05) is 19.3 Å². The van der Waals surface area contributed by atoms with E-state index in [0.29, 0.717) is 19.6 Å². The average molecular weight is 264 g/mol. The zero-order chi connectivity index (χ0) is 12.8. The lowest BCUT2D eigenvalue weighted by Gasteiger charge is -2.33. The molecule has 5 nitrogen and oxygen atoms in total. The van der Waals surface area contributed by atoms with Crippen LogP contribution in [0.1, 0.15) is 38.5 Å². The smallest absolute Gasteiger partial charge is 0.211 e. The van der Waals surface area contributed by atoms with Crippen molar-refractivity contribution in [1.82, 2.24) is 4.72 Å². The molecule has 0 atom stereocenters. The van der Waals surface area contributed by atoms with E-state index in [1.54, 1.807) is 7.11 Å². The highest BCUT2D eigenvalue weighted by molar-refractivity contribution is 7.89. The molecule has 1 saturated carbocycles. The SMILES string of the molecule is COCCCS(=O)(=O)NCC1(N)CCCCC1. The van der Waals surface area contributed by atoms with Crippen LogP contribution in [0.2, 0.25) is 0 Å². The van der Waals surface area contributed by atoms with E-state index in [4.69, 9.17) is 10.5 Å². The van der Waals surface area contributed by atoms with Crippen molar-refractivity contribution in [2.75, 3.05) is 26.0 Å². The van der Waals surface area contributed by atoms with Crippen LogP contribution >= 0.6 is 0 Å². The number of nitrogens with one attached hydrogen (secondary N) is 1. The number of rotatable bonds is 7. The Labute approximate surface area is 104 Å². The predicted molar refractivity (Wildman–Crippen MR) is 68.3 cm³/mol. The van der Waals surface area contributed by atoms with Gasteiger partial charge in [-0.05, 0) is 19.3 Å². The van der Waals surface area contributed by atoms with Crippen molar-refractivity contribution in [3.63, 3.8) is 0 Å². The van der Waals surface area contributed by atoms with Crippen LogP contribution in [0.15, 0.2) is 0 Å². The lowest BCUT2D eigenvalue weighted by Crippen LogP contribution is -2.51. The molecule has 0 aromatic carbocycles. The summed E-state index contributed by atoms with van der Waals surface area (Å²) in [5.74, 6) is 0.108. The molecular weight excluding hydrogens is 240 g/mol. The summed E-state index contributed by atoms with van der Waals surface area (Å²) in [7, 11) is -1.63. The zero-order valence-electron chi connectivity index (χ0n) is 10.6. The van der Waals surface area contributed by atoms with E-state index >= 15 is 0 Å². The Bertz CT molecular complexity index is 311. The molecule has 1 aliphatic carbocycles. The topological polar surface area (TPSA) is 81.4 Å². The summed E-state index contributed by atoms with van der Waals surface area (Å²) >= 11 is 0. The average Bonchev–Trinajstić information content (AvgIpc) is 2.28. The van der Waals surface area contributed by atoms with Gasteiger partial charge in [0.15, 0.2) is 0 Å². The molecule has 1 aliphatic rings. The Kier molecular flexibility index (Phi) is 5.85. The first-order valence-electron chi connectivity index (χ1n) is 6.23. The van der Waals surface area contributed by atoms with Crippen LogP contribution in [0.5, 0.6) is 0 Å². The number of methoxy groups -OCH3 is 1. The van der Waals surface area contributed by atoms with Gasteiger partial charge < -0.3 is 10.5 Å². The monoisotopic (exact) mass is 264 g/mol. The highest BCUT2D eigenvalue weighted by Gasteiger charge is 2.28. The second-order valence-corrected chi connectivity index (χ2v) is 6.84. The Hall–Kier alpha value is -0.170. The highest BCUT2D eigenvalue weighted by atomic mass is 32.2. The Balaban J connectivity index is 2.32. The first-order valence-corrected chi connectivity index (χ1v) is 7.88. The number of nitrogens with two attached hydrogens (primary N) is 1. The third-order valence-electron chi connectivity index (χ3n) is 3.26. The van der Waals surface area contributed by atoms with E-state index in [-0.39, 0.29) is 11.3 Å². The predicted octanol–water partition coefficient (Wildman–Crippen LogP) is 0.604. The molecule has 0 aliphatic heterocycles. The van der Waals surface area contributed by atoms with E-state index in [2.05, 4.69) is 4.72 Å². The van der Waals surface area contributed by atoms with Crippen LogP contribution in [0.25, 0.3) is 0 Å². The van der Waals surface area contributed by atoms with E-state index < -0.39 is 10.0 Å². The molecule has 102 valence electrons. The molecule has 0 bridgehead atoms. The van der Waals surface area contributed by atoms with Crippen molar-refractivity contribution in [3.05, 3.63) is 0 Å². The second kappa shape index (κ2) is 6.68. The van der Waals surface area contributed by atoms with Gasteiger partial charge in [-0.3, -0.25) is 0 Å². The third-order valence-corrected chi connectivity index (χ3v) is 4.67. The van der Waals surface area contributed by atoms with Gasteiger partial charge in [0.05, 0.1) is 5.75 Å². The van der Waals surface area contributed by atoms with Crippen molar-refractivity contribution in [2.24, 2.45) is 5.73 Å². The minimum atomic E-state index is -3.20. The van der Waals surface area contributed by atoms with Crippen molar-refractivity contribution >= 4 is 10.0 Å². The maximum Gasteiger partial charge on any atom is 0.211 e. The Morgan fingerprint density at radius 1 is 1.29 bits per heavy atom. The summed E-state index contributed by atoms with van der Waals surface area (Å²) in [6.07, 6.45) is 5.74. The minimum Gasteiger partial charge on any atom is -0.385 e. The number of hydrogen-bond acceptors (Lipinski definition) is 4. The van der Waals surface area contributed by atoms with Crippen LogP contribution in [-0.4, -0.2) is 40.0 Å². The van der Waals surface area contributed by atoms with Gasteiger partial charge in [-0.2, -0.15) is 0 Å². The first-order chi connectivity index (χ1) is 7.97. The van der Waals surface area contributed by atoms with Crippen LogP contribution in [0.3, 0.4) is 0 Å². The van der Waals surface area contributed by atoms with Gasteiger partial charge in [0.1, 0.15) is 0 Å². The Morgan fingerprint density at radius 3 is 2.53 bits per heavy atom. The molecule has 1 fully saturated rings. The fraction of sp³-hybridized carbons (Fsp3) is 1.00. The normalized spacial score (nSPS) is 20.4. The third kappa shape index (κ3) is 5.81. The summed E-state index contributed by atoms with van der Waals surface area (Å²) in [4.78, 5) is 0. The molecule has 0 aromatic rings. The van der Waals surface area contributed by atoms with Crippen LogP contribution in [0.4, 0.5) is 0 Å². The van der Waals surface area contributed by atoms with Gasteiger partial charge in [0.2, 0.25) is 10.0 Å². The van der Waals surface area contributed by atoms with Gasteiger partial charge in [0, 0.05) is 25.8 Å². The van der Waals surface area contributed by atoms with Crippen molar-refractivity contribution in [3.8, 4) is 0 Å². The molecule has 0 radical (unpaired) electrons. The molecule has 0 heterocycles. The molecule has 0 spiro atoms. The number of sulfonamides is 1. The van der Waals surface area contributed by atoms with Gasteiger partial charge >= 0.3 is 0 Å². The van der Waals surface area contributed by atoms with Crippen LogP contribution in [0, 0.1) is 0 Å². The molecule has 0 aromatic heterocycles. The lowest BCUT2D eigenvalue weighted by molar-refractivity contribution is 0.199. The molecule has 6 heteroatoms. The summed E-state index contributed by atoms with van der Waals surface area (Å²) < 4.78 is 30.8. The fourth-order valence-electron chi connectivity index (χ4n) is 2.15. The van der Waals surface area contributed by atoms with Crippen LogP contribution in [-0.2, 0) is 14.8 Å². The van der Waals surface area contributed by atoms with Crippen molar-refractivity contribution in [1.29, 1.82) is 0 Å². The summed E-state index contributed by atoms with van der Waals surface area (Å²) in [5, 5.41) is 0. The molecule has 0 saturated heterocycles. The maximum atomic E-state index is 11.7. The van der Waals surface area contributed by atoms with E-state index in [0.717, 1.165) is 25.7 Å². The molecule has 0 unspecified atom stereocenters. The summed E-state index contributed by atoms with van der Waals surface area (Å²) in [6.45, 7) is 0.830. The highest BCUT2D eigenvalue weighted by Crippen LogP contribution is 2.25. The van der Waals surface area contributed by atoms with E-state index in [9.17, 15) is 8.42 Å². The summed E-state index contributed by atoms with van der Waals surface area (Å²) in [6, 6.07) is 0. The van der Waals surface area contributed by atoms with Crippen LogP contribution < -0.4 is 10.5 Å². The van der Waals surface area contributed by atoms with Gasteiger partial charge in [-0.25, -0.2) is 13.1 Å². The number of hydrogen-bond donors (Lipinski definition) is 2. The molecule has 0 amide bonds.